The summed E-state index contributed by atoms with van der Waals surface area (Å²) in [6.45, 7) is 2.70. The Morgan fingerprint density at radius 2 is 1.85 bits per heavy atom. The van der Waals surface area contributed by atoms with Gasteiger partial charge in [-0.25, -0.2) is 15.0 Å². The molecule has 0 amide bonds. The van der Waals surface area contributed by atoms with E-state index in [9.17, 15) is 0 Å². The van der Waals surface area contributed by atoms with E-state index in [-0.39, 0.29) is 0 Å². The number of benzene rings is 1. The fourth-order valence-corrected chi connectivity index (χ4v) is 2.45. The number of rotatable bonds is 4. The van der Waals surface area contributed by atoms with E-state index < -0.39 is 0 Å². The predicted molar refractivity (Wildman–Crippen MR) is 81.6 cm³/mol. The van der Waals surface area contributed by atoms with Crippen LogP contribution in [0.4, 0.5) is 5.69 Å². The van der Waals surface area contributed by atoms with Crippen LogP contribution >= 0.6 is 11.3 Å². The summed E-state index contributed by atoms with van der Waals surface area (Å²) in [5.41, 5.74) is 2.96. The summed E-state index contributed by atoms with van der Waals surface area (Å²) in [5, 5.41) is 6.41. The molecule has 20 heavy (non-hydrogen) atoms. The van der Waals surface area contributed by atoms with Gasteiger partial charge >= 0.3 is 0 Å². The quantitative estimate of drug-likeness (QED) is 0.795. The Kier molecular flexibility index (Phi) is 3.69. The lowest BCUT2D eigenvalue weighted by Gasteiger charge is -2.04. The van der Waals surface area contributed by atoms with E-state index in [1.54, 1.807) is 23.7 Å². The Balaban J connectivity index is 1.67. The van der Waals surface area contributed by atoms with Crippen molar-refractivity contribution in [2.24, 2.45) is 0 Å². The molecule has 0 aliphatic rings. The molecule has 2 heterocycles. The molecule has 0 saturated carbocycles. The van der Waals surface area contributed by atoms with Crippen molar-refractivity contribution >= 4 is 17.0 Å². The van der Waals surface area contributed by atoms with Crippen molar-refractivity contribution in [3.8, 4) is 11.4 Å². The Hall–Kier alpha value is -2.27. The second kappa shape index (κ2) is 5.79. The van der Waals surface area contributed by atoms with Gasteiger partial charge in [0.05, 0.1) is 35.3 Å². The molecule has 4 nitrogen and oxygen atoms in total. The van der Waals surface area contributed by atoms with Gasteiger partial charge in [-0.05, 0) is 6.92 Å². The van der Waals surface area contributed by atoms with Crippen molar-refractivity contribution in [3.05, 3.63) is 58.8 Å². The van der Waals surface area contributed by atoms with Crippen molar-refractivity contribution < 1.29 is 0 Å². The van der Waals surface area contributed by atoms with Gasteiger partial charge < -0.3 is 5.32 Å². The van der Waals surface area contributed by atoms with E-state index in [1.165, 1.54) is 0 Å². The Morgan fingerprint density at radius 1 is 1.10 bits per heavy atom. The van der Waals surface area contributed by atoms with Crippen LogP contribution in [0, 0.1) is 6.92 Å². The first-order valence-electron chi connectivity index (χ1n) is 6.33. The van der Waals surface area contributed by atoms with Crippen LogP contribution in [-0.2, 0) is 6.54 Å². The first kappa shape index (κ1) is 12.7. The number of nitrogens with zero attached hydrogens (tertiary/aromatic N) is 3. The molecule has 0 spiro atoms. The second-order valence-corrected chi connectivity index (χ2v) is 5.44. The molecule has 0 saturated heterocycles. The molecule has 0 fully saturated rings. The fraction of sp³-hybridized carbons (Fsp3) is 0.133. The van der Waals surface area contributed by atoms with Crippen LogP contribution in [0.5, 0.6) is 0 Å². The largest absolute Gasteiger partial charge is 0.377 e. The Morgan fingerprint density at radius 3 is 2.50 bits per heavy atom. The summed E-state index contributed by atoms with van der Waals surface area (Å²) in [7, 11) is 0. The normalized spacial score (nSPS) is 10.4. The van der Waals surface area contributed by atoms with Crippen LogP contribution in [0.25, 0.3) is 11.4 Å². The third-order valence-electron chi connectivity index (χ3n) is 2.82. The summed E-state index contributed by atoms with van der Waals surface area (Å²) in [5.74, 6) is 0.737. The third-order valence-corrected chi connectivity index (χ3v) is 3.65. The molecule has 3 aromatic rings. The minimum absolute atomic E-state index is 0.693. The molecule has 1 aromatic carbocycles. The topological polar surface area (TPSA) is 50.7 Å². The van der Waals surface area contributed by atoms with E-state index in [0.717, 1.165) is 27.8 Å². The first-order valence-corrected chi connectivity index (χ1v) is 7.21. The summed E-state index contributed by atoms with van der Waals surface area (Å²) in [6.07, 6.45) is 3.60. The van der Waals surface area contributed by atoms with Gasteiger partial charge in [0, 0.05) is 10.9 Å². The van der Waals surface area contributed by atoms with Gasteiger partial charge in [0.1, 0.15) is 0 Å². The SMILES string of the molecule is Cc1nc(CNc2cnc(-c3ccccc3)nc2)cs1. The number of thiazole rings is 1. The van der Waals surface area contributed by atoms with Crippen molar-refractivity contribution in [3.63, 3.8) is 0 Å². The highest BCUT2D eigenvalue weighted by atomic mass is 32.1. The molecule has 0 aliphatic carbocycles. The molecule has 0 aliphatic heterocycles. The van der Waals surface area contributed by atoms with Crippen molar-refractivity contribution in [1.29, 1.82) is 0 Å². The standard InChI is InChI=1S/C15H14N4S/c1-11-19-14(10-20-11)9-16-13-7-17-15(18-8-13)12-5-3-2-4-6-12/h2-8,10,16H,9H2,1H3. The van der Waals surface area contributed by atoms with Gasteiger partial charge in [0.25, 0.3) is 0 Å². The zero-order valence-corrected chi connectivity index (χ0v) is 11.9. The maximum absolute atomic E-state index is 4.41. The van der Waals surface area contributed by atoms with Gasteiger partial charge in [-0.1, -0.05) is 30.3 Å². The lowest BCUT2D eigenvalue weighted by atomic mass is 10.2. The zero-order valence-electron chi connectivity index (χ0n) is 11.1. The highest BCUT2D eigenvalue weighted by molar-refractivity contribution is 7.09. The molecular formula is C15H14N4S. The smallest absolute Gasteiger partial charge is 0.159 e. The van der Waals surface area contributed by atoms with E-state index >= 15 is 0 Å². The first-order chi connectivity index (χ1) is 9.81. The summed E-state index contributed by atoms with van der Waals surface area (Å²) in [6, 6.07) is 9.95. The van der Waals surface area contributed by atoms with E-state index in [1.807, 2.05) is 37.3 Å². The van der Waals surface area contributed by atoms with Gasteiger partial charge in [-0.15, -0.1) is 11.3 Å². The molecule has 0 atom stereocenters. The van der Waals surface area contributed by atoms with Gasteiger partial charge in [0.15, 0.2) is 5.82 Å². The molecule has 2 aromatic heterocycles. The zero-order chi connectivity index (χ0) is 13.8. The monoisotopic (exact) mass is 282 g/mol. The van der Waals surface area contributed by atoms with Crippen LogP contribution in [0.3, 0.4) is 0 Å². The summed E-state index contributed by atoms with van der Waals surface area (Å²) in [4.78, 5) is 13.2. The van der Waals surface area contributed by atoms with Crippen LogP contribution < -0.4 is 5.32 Å². The Bertz CT molecular complexity index is 677. The second-order valence-electron chi connectivity index (χ2n) is 4.37. The lowest BCUT2D eigenvalue weighted by Crippen LogP contribution is -2.01. The van der Waals surface area contributed by atoms with Crippen LogP contribution in [-0.4, -0.2) is 15.0 Å². The minimum atomic E-state index is 0.693. The number of hydrogen-bond acceptors (Lipinski definition) is 5. The van der Waals surface area contributed by atoms with Crippen molar-refractivity contribution in [2.45, 2.75) is 13.5 Å². The van der Waals surface area contributed by atoms with Crippen LogP contribution in [0.2, 0.25) is 0 Å². The third kappa shape index (κ3) is 3.00. The predicted octanol–water partition coefficient (Wildman–Crippen LogP) is 3.52. The summed E-state index contributed by atoms with van der Waals surface area (Å²) >= 11 is 1.66. The molecule has 0 radical (unpaired) electrons. The molecule has 5 heteroatoms. The number of anilines is 1. The molecule has 0 bridgehead atoms. The maximum Gasteiger partial charge on any atom is 0.159 e. The number of hydrogen-bond donors (Lipinski definition) is 1. The highest BCUT2D eigenvalue weighted by Gasteiger charge is 2.02. The van der Waals surface area contributed by atoms with Gasteiger partial charge in [-0.3, -0.25) is 0 Å². The van der Waals surface area contributed by atoms with Gasteiger partial charge in [-0.2, -0.15) is 0 Å². The van der Waals surface area contributed by atoms with E-state index in [2.05, 4.69) is 25.6 Å². The van der Waals surface area contributed by atoms with Gasteiger partial charge in [0.2, 0.25) is 0 Å². The molecule has 100 valence electrons. The van der Waals surface area contributed by atoms with Crippen LogP contribution in [0.1, 0.15) is 10.7 Å². The molecule has 0 unspecified atom stereocenters. The van der Waals surface area contributed by atoms with E-state index in [4.69, 9.17) is 0 Å². The van der Waals surface area contributed by atoms with Crippen LogP contribution in [0.15, 0.2) is 48.1 Å². The highest BCUT2D eigenvalue weighted by Crippen LogP contribution is 2.15. The average Bonchev–Trinajstić information content (AvgIpc) is 2.92. The van der Waals surface area contributed by atoms with Crippen molar-refractivity contribution in [1.82, 2.24) is 15.0 Å². The molecule has 3 rings (SSSR count). The summed E-state index contributed by atoms with van der Waals surface area (Å²) < 4.78 is 0. The fourth-order valence-electron chi connectivity index (χ4n) is 1.84. The molecule has 1 N–H and O–H groups in total. The minimum Gasteiger partial charge on any atom is -0.377 e. The average molecular weight is 282 g/mol. The van der Waals surface area contributed by atoms with E-state index in [0.29, 0.717) is 6.54 Å². The number of aromatic nitrogens is 3. The number of nitrogens with one attached hydrogen (secondary N) is 1. The maximum atomic E-state index is 4.41. The number of aryl methyl sites for hydroxylation is 1. The lowest BCUT2D eigenvalue weighted by molar-refractivity contribution is 1.04. The Labute approximate surface area is 121 Å². The van der Waals surface area contributed by atoms with Crippen molar-refractivity contribution in [2.75, 3.05) is 5.32 Å². The molecular weight excluding hydrogens is 268 g/mol.